The smallest absolute Gasteiger partial charge is 0.269 e. The number of nitrogens with zero attached hydrogens (tertiary/aromatic N) is 1. The highest BCUT2D eigenvalue weighted by Crippen LogP contribution is 2.24. The summed E-state index contributed by atoms with van der Waals surface area (Å²) in [7, 11) is 0. The van der Waals surface area contributed by atoms with Crippen molar-refractivity contribution in [3.63, 3.8) is 0 Å². The Hall–Kier alpha value is -2.21. The molecule has 1 N–H and O–H groups in total. The van der Waals surface area contributed by atoms with Crippen molar-refractivity contribution in [2.45, 2.75) is 0 Å². The molecule has 2 aromatic carbocycles. The largest absolute Gasteiger partial charge is 0.330 e. The van der Waals surface area contributed by atoms with Gasteiger partial charge < -0.3 is 4.98 Å². The number of carbonyl (C=O) groups is 1. The van der Waals surface area contributed by atoms with Crippen LogP contribution in [0.3, 0.4) is 0 Å². The number of allylic oxidation sites excluding steroid dienone is 1. The van der Waals surface area contributed by atoms with Crippen molar-refractivity contribution < 1.29 is 4.79 Å². The molecule has 0 aliphatic rings. The minimum absolute atomic E-state index is 0.0283. The van der Waals surface area contributed by atoms with E-state index in [0.717, 1.165) is 10.1 Å². The number of rotatable bonds is 2. The van der Waals surface area contributed by atoms with E-state index >= 15 is 0 Å². The van der Waals surface area contributed by atoms with Crippen molar-refractivity contribution in [2.24, 2.45) is 0 Å². The van der Waals surface area contributed by atoms with Gasteiger partial charge in [-0.1, -0.05) is 53.5 Å². The van der Waals surface area contributed by atoms with Crippen LogP contribution in [0.25, 0.3) is 17.0 Å². The number of hydrogen-bond donors (Lipinski definition) is 1. The van der Waals surface area contributed by atoms with Crippen LogP contribution in [0.5, 0.6) is 0 Å². The standard InChI is InChI=1S/C17H10Cl2N2O2S/c18-11-8-12-15(13(19)9-11)20-17(24)21(16(12)23)14(22)7-6-10-4-2-1-3-5-10/h1-9H,(H,20,24)/b7-6+. The Bertz CT molecular complexity index is 1090. The van der Waals surface area contributed by atoms with Gasteiger partial charge in [-0.15, -0.1) is 0 Å². The first kappa shape index (κ1) is 16.6. The predicted molar refractivity (Wildman–Crippen MR) is 99.5 cm³/mol. The Morgan fingerprint density at radius 1 is 1.17 bits per heavy atom. The third kappa shape index (κ3) is 3.19. The lowest BCUT2D eigenvalue weighted by Gasteiger charge is -2.06. The zero-order valence-electron chi connectivity index (χ0n) is 12.1. The van der Waals surface area contributed by atoms with Crippen LogP contribution >= 0.6 is 35.4 Å². The van der Waals surface area contributed by atoms with E-state index in [4.69, 9.17) is 35.4 Å². The molecule has 0 unspecified atom stereocenters. The fraction of sp³-hybridized carbons (Fsp3) is 0. The molecule has 1 heterocycles. The van der Waals surface area contributed by atoms with Crippen LogP contribution in [0.4, 0.5) is 0 Å². The number of hydrogen-bond acceptors (Lipinski definition) is 3. The van der Waals surface area contributed by atoms with Crippen molar-refractivity contribution in [1.82, 2.24) is 9.55 Å². The number of H-pyrrole nitrogens is 1. The third-order valence-electron chi connectivity index (χ3n) is 3.36. The van der Waals surface area contributed by atoms with Gasteiger partial charge in [0.1, 0.15) is 0 Å². The van der Waals surface area contributed by atoms with Crippen LogP contribution in [0.2, 0.25) is 10.0 Å². The summed E-state index contributed by atoms with van der Waals surface area (Å²) in [5.74, 6) is -0.553. The lowest BCUT2D eigenvalue weighted by Crippen LogP contribution is -2.27. The number of aromatic amines is 1. The van der Waals surface area contributed by atoms with E-state index in [1.165, 1.54) is 18.2 Å². The predicted octanol–water partition coefficient (Wildman–Crippen LogP) is 4.72. The van der Waals surface area contributed by atoms with E-state index in [2.05, 4.69) is 4.98 Å². The number of aromatic nitrogens is 2. The van der Waals surface area contributed by atoms with Crippen LogP contribution in [-0.2, 0) is 0 Å². The average Bonchev–Trinajstić information content (AvgIpc) is 2.55. The highest BCUT2D eigenvalue weighted by atomic mass is 35.5. The normalized spacial score (nSPS) is 11.2. The van der Waals surface area contributed by atoms with Crippen LogP contribution in [0.1, 0.15) is 10.4 Å². The maximum absolute atomic E-state index is 12.6. The molecule has 0 aliphatic carbocycles. The summed E-state index contributed by atoms with van der Waals surface area (Å²) in [6.07, 6.45) is 2.90. The quantitative estimate of drug-likeness (QED) is 0.519. The van der Waals surface area contributed by atoms with E-state index in [-0.39, 0.29) is 15.2 Å². The fourth-order valence-electron chi connectivity index (χ4n) is 2.25. The zero-order chi connectivity index (χ0) is 17.3. The molecule has 0 saturated carbocycles. The number of halogens is 2. The Morgan fingerprint density at radius 3 is 2.58 bits per heavy atom. The van der Waals surface area contributed by atoms with Gasteiger partial charge in [0, 0.05) is 11.1 Å². The van der Waals surface area contributed by atoms with Crippen LogP contribution in [0, 0.1) is 4.77 Å². The van der Waals surface area contributed by atoms with Gasteiger partial charge in [0.15, 0.2) is 4.77 Å². The van der Waals surface area contributed by atoms with Gasteiger partial charge in [-0.3, -0.25) is 9.59 Å². The molecule has 3 aromatic rings. The topological polar surface area (TPSA) is 54.9 Å². The van der Waals surface area contributed by atoms with Gasteiger partial charge in [0.05, 0.1) is 15.9 Å². The molecule has 0 fully saturated rings. The first-order valence-electron chi connectivity index (χ1n) is 6.89. The van der Waals surface area contributed by atoms with Gasteiger partial charge >= 0.3 is 0 Å². The van der Waals surface area contributed by atoms with Gasteiger partial charge in [-0.2, -0.15) is 0 Å². The number of benzene rings is 2. The van der Waals surface area contributed by atoms with E-state index < -0.39 is 11.5 Å². The van der Waals surface area contributed by atoms with Crippen molar-refractivity contribution in [1.29, 1.82) is 0 Å². The molecule has 0 amide bonds. The molecular formula is C17H10Cl2N2O2S. The zero-order valence-corrected chi connectivity index (χ0v) is 14.5. The summed E-state index contributed by atoms with van der Waals surface area (Å²) in [6, 6.07) is 12.2. The maximum Gasteiger partial charge on any atom is 0.269 e. The Kier molecular flexibility index (Phi) is 4.66. The van der Waals surface area contributed by atoms with Gasteiger partial charge in [-0.05, 0) is 36.0 Å². The molecule has 4 nitrogen and oxygen atoms in total. The molecule has 1 aromatic heterocycles. The molecule has 0 aliphatic heterocycles. The summed E-state index contributed by atoms with van der Waals surface area (Å²) in [5.41, 5.74) is 0.619. The number of fused-ring (bicyclic) bond motifs is 1. The molecule has 0 bridgehead atoms. The van der Waals surface area contributed by atoms with Gasteiger partial charge in [0.2, 0.25) is 0 Å². The molecular weight excluding hydrogens is 367 g/mol. The molecule has 3 rings (SSSR count). The lowest BCUT2D eigenvalue weighted by molar-refractivity contribution is 0.0963. The fourth-order valence-corrected chi connectivity index (χ4v) is 3.07. The monoisotopic (exact) mass is 376 g/mol. The average molecular weight is 377 g/mol. The lowest BCUT2D eigenvalue weighted by atomic mass is 10.2. The molecule has 7 heteroatoms. The maximum atomic E-state index is 12.6. The van der Waals surface area contributed by atoms with Crippen molar-refractivity contribution in [2.75, 3.05) is 0 Å². The van der Waals surface area contributed by atoms with E-state index in [9.17, 15) is 9.59 Å². The molecule has 0 radical (unpaired) electrons. The Labute approximate surface area is 152 Å². The van der Waals surface area contributed by atoms with E-state index in [1.54, 1.807) is 6.08 Å². The van der Waals surface area contributed by atoms with E-state index in [1.807, 2.05) is 30.3 Å². The highest BCUT2D eigenvalue weighted by molar-refractivity contribution is 7.71. The Morgan fingerprint density at radius 2 is 1.88 bits per heavy atom. The van der Waals surface area contributed by atoms with Crippen molar-refractivity contribution in [3.05, 3.63) is 79.3 Å². The Balaban J connectivity index is 2.13. The SMILES string of the molecule is O=C(/C=C/c1ccccc1)n1c(=S)[nH]c2c(Cl)cc(Cl)cc2c1=O. The highest BCUT2D eigenvalue weighted by Gasteiger charge is 2.13. The number of nitrogens with one attached hydrogen (secondary N) is 1. The summed E-state index contributed by atoms with van der Waals surface area (Å²) in [5, 5.41) is 0.761. The van der Waals surface area contributed by atoms with Crippen LogP contribution < -0.4 is 5.56 Å². The molecule has 0 saturated heterocycles. The minimum Gasteiger partial charge on any atom is -0.330 e. The molecule has 120 valence electrons. The first-order valence-corrected chi connectivity index (χ1v) is 8.05. The molecule has 0 atom stereocenters. The second-order valence-corrected chi connectivity index (χ2v) is 6.19. The van der Waals surface area contributed by atoms with Crippen LogP contribution in [-0.4, -0.2) is 15.5 Å². The summed E-state index contributed by atoms with van der Waals surface area (Å²) in [6.45, 7) is 0. The minimum atomic E-state index is -0.569. The summed E-state index contributed by atoms with van der Waals surface area (Å²) >= 11 is 17.1. The van der Waals surface area contributed by atoms with Gasteiger partial charge in [-0.25, -0.2) is 4.57 Å². The number of carbonyl (C=O) groups excluding carboxylic acids is 1. The summed E-state index contributed by atoms with van der Waals surface area (Å²) in [4.78, 5) is 27.8. The second-order valence-electron chi connectivity index (χ2n) is 4.96. The van der Waals surface area contributed by atoms with Crippen molar-refractivity contribution >= 4 is 58.3 Å². The first-order chi connectivity index (χ1) is 11.5. The van der Waals surface area contributed by atoms with E-state index in [0.29, 0.717) is 10.5 Å². The second kappa shape index (κ2) is 6.73. The summed E-state index contributed by atoms with van der Waals surface area (Å²) < 4.78 is 0.850. The van der Waals surface area contributed by atoms with Crippen molar-refractivity contribution in [3.8, 4) is 0 Å². The van der Waals surface area contributed by atoms with Crippen LogP contribution in [0.15, 0.2) is 53.3 Å². The third-order valence-corrected chi connectivity index (χ3v) is 4.16. The molecule has 24 heavy (non-hydrogen) atoms. The molecule has 0 spiro atoms. The van der Waals surface area contributed by atoms with Gasteiger partial charge in [0.25, 0.3) is 11.5 Å².